The SMILES string of the molecule is CC1(Cc2ccccc2)CC(Cc2ccccc2)=NCCNC(C)(Cc2ccccc2)CC(Cc2ccccc2)=NCCN1. The Kier molecular flexibility index (Phi) is 11.3. The summed E-state index contributed by atoms with van der Waals surface area (Å²) in [5.41, 5.74) is 7.53. The van der Waals surface area contributed by atoms with E-state index in [1.54, 1.807) is 0 Å². The van der Waals surface area contributed by atoms with Gasteiger partial charge in [0.1, 0.15) is 0 Å². The third kappa shape index (κ3) is 10.1. The molecule has 0 radical (unpaired) electrons. The van der Waals surface area contributed by atoms with Crippen LogP contribution in [-0.2, 0) is 25.7 Å². The first-order chi connectivity index (χ1) is 21.5. The third-order valence-corrected chi connectivity index (χ3v) is 8.56. The molecule has 4 heteroatoms. The van der Waals surface area contributed by atoms with Gasteiger partial charge in [0.2, 0.25) is 0 Å². The topological polar surface area (TPSA) is 48.8 Å². The van der Waals surface area contributed by atoms with E-state index >= 15 is 0 Å². The van der Waals surface area contributed by atoms with Crippen LogP contribution in [0, 0.1) is 0 Å². The molecule has 0 saturated carbocycles. The van der Waals surface area contributed by atoms with E-state index in [1.807, 2.05) is 0 Å². The maximum absolute atomic E-state index is 5.29. The number of rotatable bonds is 8. The predicted octanol–water partition coefficient (Wildman–Crippen LogP) is 7.33. The first kappa shape index (κ1) is 31.6. The minimum Gasteiger partial charge on any atom is -0.309 e. The molecule has 5 rings (SSSR count). The molecule has 4 aromatic carbocycles. The second-order valence-corrected chi connectivity index (χ2v) is 12.9. The summed E-state index contributed by atoms with van der Waals surface area (Å²) in [5, 5.41) is 7.91. The van der Waals surface area contributed by atoms with Crippen molar-refractivity contribution in [2.24, 2.45) is 9.98 Å². The van der Waals surface area contributed by atoms with Crippen LogP contribution in [0.25, 0.3) is 0 Å². The van der Waals surface area contributed by atoms with Gasteiger partial charge in [0.15, 0.2) is 0 Å². The van der Waals surface area contributed by atoms with Crippen molar-refractivity contribution < 1.29 is 0 Å². The second kappa shape index (κ2) is 15.7. The van der Waals surface area contributed by atoms with Crippen LogP contribution in [0.15, 0.2) is 131 Å². The van der Waals surface area contributed by atoms with Crippen molar-refractivity contribution in [2.75, 3.05) is 26.2 Å². The standard InChI is InChI=1S/C40H48N4/c1-39(29-35-19-11-5-12-20-35)31-37(27-33-15-7-3-8-16-33)41-24-26-44-40(2,30-36-21-13-6-14-22-36)32-38(42-23-25-43-39)28-34-17-9-4-10-18-34/h3-22,43-44H,23-32H2,1-2H3. The summed E-state index contributed by atoms with van der Waals surface area (Å²) < 4.78 is 0. The zero-order valence-electron chi connectivity index (χ0n) is 26.5. The van der Waals surface area contributed by atoms with E-state index in [9.17, 15) is 0 Å². The van der Waals surface area contributed by atoms with Gasteiger partial charge in [-0.1, -0.05) is 121 Å². The lowest BCUT2D eigenvalue weighted by Gasteiger charge is -2.34. The predicted molar refractivity (Wildman–Crippen MR) is 187 cm³/mol. The van der Waals surface area contributed by atoms with Gasteiger partial charge >= 0.3 is 0 Å². The number of benzene rings is 4. The van der Waals surface area contributed by atoms with Crippen LogP contribution in [0.2, 0.25) is 0 Å². The van der Waals surface area contributed by atoms with Crippen LogP contribution in [0.5, 0.6) is 0 Å². The summed E-state index contributed by atoms with van der Waals surface area (Å²) >= 11 is 0. The van der Waals surface area contributed by atoms with E-state index in [2.05, 4.69) is 146 Å². The molecular formula is C40H48N4. The number of nitrogens with one attached hydrogen (secondary N) is 2. The van der Waals surface area contributed by atoms with Crippen molar-refractivity contribution >= 4 is 11.4 Å². The molecule has 0 fully saturated rings. The van der Waals surface area contributed by atoms with Crippen molar-refractivity contribution in [1.29, 1.82) is 0 Å². The Hall–Kier alpha value is -3.86. The highest BCUT2D eigenvalue weighted by Gasteiger charge is 2.29. The van der Waals surface area contributed by atoms with Crippen molar-refractivity contribution in [1.82, 2.24) is 10.6 Å². The Morgan fingerprint density at radius 1 is 0.477 bits per heavy atom. The van der Waals surface area contributed by atoms with Crippen LogP contribution in [-0.4, -0.2) is 48.7 Å². The molecule has 2 N–H and O–H groups in total. The first-order valence-corrected chi connectivity index (χ1v) is 16.2. The monoisotopic (exact) mass is 584 g/mol. The van der Waals surface area contributed by atoms with E-state index < -0.39 is 0 Å². The molecule has 2 unspecified atom stereocenters. The fourth-order valence-electron chi connectivity index (χ4n) is 6.52. The van der Waals surface area contributed by atoms with Gasteiger partial charge in [0, 0.05) is 61.3 Å². The van der Waals surface area contributed by atoms with Gasteiger partial charge in [-0.15, -0.1) is 0 Å². The Balaban J connectivity index is 1.43. The third-order valence-electron chi connectivity index (χ3n) is 8.56. The number of aliphatic imine (C=N–C) groups is 2. The minimum atomic E-state index is -0.135. The molecule has 228 valence electrons. The van der Waals surface area contributed by atoms with E-state index in [0.717, 1.165) is 64.7 Å². The molecule has 1 aliphatic heterocycles. The van der Waals surface area contributed by atoms with Crippen LogP contribution >= 0.6 is 0 Å². The van der Waals surface area contributed by atoms with Crippen molar-refractivity contribution in [3.05, 3.63) is 144 Å². The Morgan fingerprint density at radius 2 is 0.795 bits per heavy atom. The molecule has 0 saturated heterocycles. The van der Waals surface area contributed by atoms with Gasteiger partial charge in [-0.25, -0.2) is 0 Å². The molecular weight excluding hydrogens is 536 g/mol. The average Bonchev–Trinajstić information content (AvgIpc) is 3.03. The summed E-state index contributed by atoms with van der Waals surface area (Å²) in [5.74, 6) is 0. The summed E-state index contributed by atoms with van der Waals surface area (Å²) in [4.78, 5) is 10.6. The molecule has 2 atom stereocenters. The van der Waals surface area contributed by atoms with Gasteiger partial charge in [0.25, 0.3) is 0 Å². The summed E-state index contributed by atoms with van der Waals surface area (Å²) in [6.07, 6.45) is 5.39. The highest BCUT2D eigenvalue weighted by atomic mass is 15.0. The maximum atomic E-state index is 5.29. The summed E-state index contributed by atoms with van der Waals surface area (Å²) in [7, 11) is 0. The zero-order chi connectivity index (χ0) is 30.5. The average molecular weight is 585 g/mol. The van der Waals surface area contributed by atoms with Crippen molar-refractivity contribution in [3.63, 3.8) is 0 Å². The molecule has 1 heterocycles. The number of nitrogens with zero attached hydrogens (tertiary/aromatic N) is 2. The molecule has 0 aromatic heterocycles. The fraction of sp³-hybridized carbons (Fsp3) is 0.350. The molecule has 0 spiro atoms. The second-order valence-electron chi connectivity index (χ2n) is 12.9. The molecule has 0 bridgehead atoms. The van der Waals surface area contributed by atoms with Gasteiger partial charge < -0.3 is 10.6 Å². The number of hydrogen-bond donors (Lipinski definition) is 2. The highest BCUT2D eigenvalue weighted by molar-refractivity contribution is 5.88. The largest absolute Gasteiger partial charge is 0.309 e. The zero-order valence-corrected chi connectivity index (χ0v) is 26.5. The lowest BCUT2D eigenvalue weighted by Crippen LogP contribution is -2.49. The summed E-state index contributed by atoms with van der Waals surface area (Å²) in [6, 6.07) is 43.2. The van der Waals surface area contributed by atoms with Crippen LogP contribution in [0.3, 0.4) is 0 Å². The van der Waals surface area contributed by atoms with Crippen LogP contribution in [0.4, 0.5) is 0 Å². The highest BCUT2D eigenvalue weighted by Crippen LogP contribution is 2.22. The van der Waals surface area contributed by atoms with E-state index in [1.165, 1.54) is 33.7 Å². The molecule has 0 aliphatic carbocycles. The van der Waals surface area contributed by atoms with Crippen molar-refractivity contribution in [2.45, 2.75) is 63.5 Å². The Labute approximate surface area is 264 Å². The van der Waals surface area contributed by atoms with E-state index in [0.29, 0.717) is 0 Å². The van der Waals surface area contributed by atoms with E-state index in [4.69, 9.17) is 9.98 Å². The van der Waals surface area contributed by atoms with Gasteiger partial charge in [-0.3, -0.25) is 9.98 Å². The van der Waals surface area contributed by atoms with Crippen LogP contribution < -0.4 is 10.6 Å². The Bertz CT molecular complexity index is 1350. The number of hydrogen-bond acceptors (Lipinski definition) is 4. The van der Waals surface area contributed by atoms with Gasteiger partial charge in [0.05, 0.1) is 13.1 Å². The van der Waals surface area contributed by atoms with Gasteiger partial charge in [-0.05, 0) is 48.9 Å². The smallest absolute Gasteiger partial charge is 0.0513 e. The lowest BCUT2D eigenvalue weighted by atomic mass is 9.85. The van der Waals surface area contributed by atoms with E-state index in [-0.39, 0.29) is 11.1 Å². The van der Waals surface area contributed by atoms with Crippen LogP contribution in [0.1, 0.15) is 48.9 Å². The maximum Gasteiger partial charge on any atom is 0.0513 e. The minimum absolute atomic E-state index is 0.135. The first-order valence-electron chi connectivity index (χ1n) is 16.2. The molecule has 1 aliphatic rings. The molecule has 4 nitrogen and oxygen atoms in total. The molecule has 44 heavy (non-hydrogen) atoms. The Morgan fingerprint density at radius 3 is 1.14 bits per heavy atom. The molecule has 4 aromatic rings. The van der Waals surface area contributed by atoms with Crippen molar-refractivity contribution in [3.8, 4) is 0 Å². The fourth-order valence-corrected chi connectivity index (χ4v) is 6.52. The normalized spacial score (nSPS) is 22.0. The van der Waals surface area contributed by atoms with Gasteiger partial charge in [-0.2, -0.15) is 0 Å². The lowest BCUT2D eigenvalue weighted by molar-refractivity contribution is 0.360. The quantitative estimate of drug-likeness (QED) is 0.228. The molecule has 0 amide bonds. The summed E-state index contributed by atoms with van der Waals surface area (Å²) in [6.45, 7) is 7.86.